The van der Waals surface area contributed by atoms with Crippen molar-refractivity contribution in [2.75, 3.05) is 0 Å². The van der Waals surface area contributed by atoms with Crippen LogP contribution in [0, 0.1) is 18.6 Å². The second-order valence-electron chi connectivity index (χ2n) is 2.90. The van der Waals surface area contributed by atoms with Crippen molar-refractivity contribution in [2.45, 2.75) is 6.92 Å². The minimum absolute atomic E-state index is 0.193. The van der Waals surface area contributed by atoms with E-state index < -0.39 is 11.6 Å². The van der Waals surface area contributed by atoms with E-state index in [1.54, 1.807) is 6.92 Å². The fourth-order valence-corrected chi connectivity index (χ4v) is 1.07. The van der Waals surface area contributed by atoms with E-state index in [2.05, 4.69) is 5.16 Å². The number of ether oxygens (including phenoxy) is 1. The van der Waals surface area contributed by atoms with Crippen molar-refractivity contribution in [1.82, 2.24) is 5.16 Å². The summed E-state index contributed by atoms with van der Waals surface area (Å²) in [7, 11) is 0. The first-order valence-corrected chi connectivity index (χ1v) is 4.21. The minimum atomic E-state index is -1.03. The summed E-state index contributed by atoms with van der Waals surface area (Å²) in [6, 6.07) is 3.70. The molecule has 0 fully saturated rings. The minimum Gasteiger partial charge on any atom is -0.449 e. The van der Waals surface area contributed by atoms with E-state index in [0.29, 0.717) is 5.76 Å². The SMILES string of the molecule is Cc1oncc1Oc1cccc(F)c1F. The maximum absolute atomic E-state index is 13.2. The van der Waals surface area contributed by atoms with Crippen LogP contribution in [0.4, 0.5) is 8.78 Å². The fraction of sp³-hybridized carbons (Fsp3) is 0.100. The van der Waals surface area contributed by atoms with Gasteiger partial charge < -0.3 is 9.26 Å². The van der Waals surface area contributed by atoms with Gasteiger partial charge in [-0.05, 0) is 12.1 Å². The highest BCUT2D eigenvalue weighted by Gasteiger charge is 2.12. The molecule has 0 radical (unpaired) electrons. The van der Waals surface area contributed by atoms with Crippen molar-refractivity contribution in [1.29, 1.82) is 0 Å². The molecule has 0 bridgehead atoms. The largest absolute Gasteiger partial charge is 0.449 e. The molecule has 0 N–H and O–H groups in total. The standard InChI is InChI=1S/C10H7F2NO2/c1-6-9(5-13-15-6)14-8-4-2-3-7(11)10(8)12/h2-5H,1H3. The number of hydrogen-bond donors (Lipinski definition) is 0. The Morgan fingerprint density at radius 2 is 2.07 bits per heavy atom. The molecule has 5 heteroatoms. The van der Waals surface area contributed by atoms with E-state index in [0.717, 1.165) is 6.07 Å². The third-order valence-electron chi connectivity index (χ3n) is 1.84. The molecule has 0 spiro atoms. The van der Waals surface area contributed by atoms with Crippen LogP contribution in [0.3, 0.4) is 0 Å². The van der Waals surface area contributed by atoms with Crippen LogP contribution in [0.15, 0.2) is 28.9 Å². The second-order valence-corrected chi connectivity index (χ2v) is 2.90. The molecular weight excluding hydrogens is 204 g/mol. The van der Waals surface area contributed by atoms with Crippen LogP contribution in [0.5, 0.6) is 11.5 Å². The number of halogens is 2. The van der Waals surface area contributed by atoms with Crippen molar-refractivity contribution in [3.05, 3.63) is 41.8 Å². The van der Waals surface area contributed by atoms with Gasteiger partial charge in [-0.2, -0.15) is 4.39 Å². The molecule has 0 amide bonds. The number of nitrogens with zero attached hydrogens (tertiary/aromatic N) is 1. The predicted octanol–water partition coefficient (Wildman–Crippen LogP) is 3.05. The third kappa shape index (κ3) is 1.81. The normalized spacial score (nSPS) is 10.3. The van der Waals surface area contributed by atoms with Gasteiger partial charge in [-0.1, -0.05) is 11.2 Å². The Bertz CT molecular complexity index is 482. The molecule has 2 aromatic rings. The Hall–Kier alpha value is -1.91. The molecule has 0 saturated carbocycles. The molecule has 0 saturated heterocycles. The van der Waals surface area contributed by atoms with Crippen LogP contribution in [-0.4, -0.2) is 5.16 Å². The molecule has 78 valence electrons. The Kier molecular flexibility index (Phi) is 2.37. The lowest BCUT2D eigenvalue weighted by Gasteiger charge is -2.04. The molecule has 0 aliphatic heterocycles. The first-order valence-electron chi connectivity index (χ1n) is 4.21. The van der Waals surface area contributed by atoms with Gasteiger partial charge in [0.25, 0.3) is 0 Å². The average molecular weight is 211 g/mol. The first kappa shape index (κ1) is 9.64. The Morgan fingerprint density at radius 1 is 1.27 bits per heavy atom. The van der Waals surface area contributed by atoms with Crippen LogP contribution in [0.2, 0.25) is 0 Å². The number of hydrogen-bond acceptors (Lipinski definition) is 3. The van der Waals surface area contributed by atoms with Crippen molar-refractivity contribution in [2.24, 2.45) is 0 Å². The van der Waals surface area contributed by atoms with Crippen molar-refractivity contribution in [3.63, 3.8) is 0 Å². The van der Waals surface area contributed by atoms with Crippen LogP contribution >= 0.6 is 0 Å². The zero-order valence-electron chi connectivity index (χ0n) is 7.83. The highest BCUT2D eigenvalue weighted by atomic mass is 19.2. The fourth-order valence-electron chi connectivity index (χ4n) is 1.07. The molecule has 2 rings (SSSR count). The summed E-state index contributed by atoms with van der Waals surface area (Å²) < 4.78 is 35.8. The van der Waals surface area contributed by atoms with Crippen molar-refractivity contribution < 1.29 is 18.0 Å². The molecule has 1 aromatic heterocycles. The maximum Gasteiger partial charge on any atom is 0.201 e. The van der Waals surface area contributed by atoms with E-state index in [4.69, 9.17) is 9.26 Å². The lowest BCUT2D eigenvalue weighted by molar-refractivity contribution is 0.377. The first-order chi connectivity index (χ1) is 7.18. The van der Waals surface area contributed by atoms with E-state index in [-0.39, 0.29) is 11.5 Å². The van der Waals surface area contributed by atoms with Crippen LogP contribution < -0.4 is 4.74 Å². The Labute approximate surface area is 84.3 Å². The van der Waals surface area contributed by atoms with Gasteiger partial charge in [0.1, 0.15) is 6.20 Å². The molecule has 3 nitrogen and oxygen atoms in total. The molecular formula is C10H7F2NO2. The van der Waals surface area contributed by atoms with E-state index in [1.165, 1.54) is 18.3 Å². The number of benzene rings is 1. The molecule has 0 aliphatic carbocycles. The summed E-state index contributed by atoms with van der Waals surface area (Å²) in [6.07, 6.45) is 1.29. The summed E-state index contributed by atoms with van der Waals surface area (Å²) in [5, 5.41) is 3.45. The van der Waals surface area contributed by atoms with Crippen LogP contribution in [0.25, 0.3) is 0 Å². The maximum atomic E-state index is 13.2. The molecule has 0 unspecified atom stereocenters. The summed E-state index contributed by atoms with van der Waals surface area (Å²) in [5.41, 5.74) is 0. The molecule has 0 atom stereocenters. The van der Waals surface area contributed by atoms with Gasteiger partial charge in [-0.25, -0.2) is 4.39 Å². The quantitative estimate of drug-likeness (QED) is 0.765. The number of rotatable bonds is 2. The van der Waals surface area contributed by atoms with Gasteiger partial charge in [-0.15, -0.1) is 0 Å². The molecule has 1 heterocycles. The molecule has 15 heavy (non-hydrogen) atoms. The highest BCUT2D eigenvalue weighted by Crippen LogP contribution is 2.27. The highest BCUT2D eigenvalue weighted by molar-refractivity contribution is 5.32. The monoisotopic (exact) mass is 211 g/mol. The van der Waals surface area contributed by atoms with Gasteiger partial charge in [0.15, 0.2) is 23.1 Å². The lowest BCUT2D eigenvalue weighted by Crippen LogP contribution is -1.91. The van der Waals surface area contributed by atoms with Gasteiger partial charge >= 0.3 is 0 Å². The molecule has 1 aromatic carbocycles. The van der Waals surface area contributed by atoms with E-state index >= 15 is 0 Å². The van der Waals surface area contributed by atoms with Gasteiger partial charge in [0.05, 0.1) is 0 Å². The molecule has 0 aliphatic rings. The zero-order valence-corrected chi connectivity index (χ0v) is 7.83. The Morgan fingerprint density at radius 3 is 2.73 bits per heavy atom. The van der Waals surface area contributed by atoms with Gasteiger partial charge in [0, 0.05) is 6.92 Å². The summed E-state index contributed by atoms with van der Waals surface area (Å²) in [4.78, 5) is 0. The summed E-state index contributed by atoms with van der Waals surface area (Å²) >= 11 is 0. The topological polar surface area (TPSA) is 35.3 Å². The van der Waals surface area contributed by atoms with Crippen molar-refractivity contribution in [3.8, 4) is 11.5 Å². The summed E-state index contributed by atoms with van der Waals surface area (Å²) in [6.45, 7) is 1.61. The Balaban J connectivity index is 2.33. The van der Waals surface area contributed by atoms with Gasteiger partial charge in [-0.3, -0.25) is 0 Å². The number of aryl methyl sites for hydroxylation is 1. The second kappa shape index (κ2) is 3.68. The third-order valence-corrected chi connectivity index (χ3v) is 1.84. The smallest absolute Gasteiger partial charge is 0.201 e. The van der Waals surface area contributed by atoms with Crippen molar-refractivity contribution >= 4 is 0 Å². The zero-order chi connectivity index (χ0) is 10.8. The summed E-state index contributed by atoms with van der Waals surface area (Å²) in [5.74, 6) is -1.51. The van der Waals surface area contributed by atoms with E-state index in [9.17, 15) is 8.78 Å². The van der Waals surface area contributed by atoms with Gasteiger partial charge in [0.2, 0.25) is 5.82 Å². The van der Waals surface area contributed by atoms with Crippen LogP contribution in [-0.2, 0) is 0 Å². The average Bonchev–Trinajstić information content (AvgIpc) is 2.60. The van der Waals surface area contributed by atoms with Crippen LogP contribution in [0.1, 0.15) is 5.76 Å². The van der Waals surface area contributed by atoms with E-state index in [1.807, 2.05) is 0 Å². The predicted molar refractivity (Wildman–Crippen MR) is 47.7 cm³/mol. The lowest BCUT2D eigenvalue weighted by atomic mass is 10.3. The number of aromatic nitrogens is 1.